The first kappa shape index (κ1) is 12.5. The van der Waals surface area contributed by atoms with Gasteiger partial charge in [0.05, 0.1) is 6.04 Å². The zero-order chi connectivity index (χ0) is 11.3. The summed E-state index contributed by atoms with van der Waals surface area (Å²) in [5.41, 5.74) is 0. The van der Waals surface area contributed by atoms with E-state index in [4.69, 9.17) is 0 Å². The van der Waals surface area contributed by atoms with E-state index in [1.54, 1.807) is 0 Å². The van der Waals surface area contributed by atoms with Crippen LogP contribution in [0.2, 0.25) is 0 Å². The largest absolute Gasteiger partial charge is 0.355 e. The predicted molar refractivity (Wildman–Crippen MR) is 62.7 cm³/mol. The molecule has 2 atom stereocenters. The number of rotatable bonds is 4. The van der Waals surface area contributed by atoms with E-state index in [-0.39, 0.29) is 11.9 Å². The molecule has 1 aliphatic rings. The maximum atomic E-state index is 11.7. The molecule has 3 heteroatoms. The Morgan fingerprint density at radius 1 is 1.47 bits per heavy atom. The van der Waals surface area contributed by atoms with Crippen molar-refractivity contribution in [3.05, 3.63) is 0 Å². The van der Waals surface area contributed by atoms with Gasteiger partial charge >= 0.3 is 0 Å². The normalized spacial score (nSPS) is 24.8. The van der Waals surface area contributed by atoms with Crippen LogP contribution in [0.5, 0.6) is 0 Å². The molecule has 0 aliphatic carbocycles. The summed E-state index contributed by atoms with van der Waals surface area (Å²) in [4.78, 5) is 11.7. The fourth-order valence-electron chi connectivity index (χ4n) is 2.14. The van der Waals surface area contributed by atoms with E-state index in [1.807, 2.05) is 0 Å². The lowest BCUT2D eigenvalue weighted by Gasteiger charge is -2.25. The molecule has 0 radical (unpaired) electrons. The molecule has 0 spiro atoms. The van der Waals surface area contributed by atoms with Crippen LogP contribution in [-0.4, -0.2) is 24.5 Å². The molecule has 0 saturated carbocycles. The van der Waals surface area contributed by atoms with Crippen molar-refractivity contribution in [1.82, 2.24) is 10.6 Å². The fourth-order valence-corrected chi connectivity index (χ4v) is 2.14. The van der Waals surface area contributed by atoms with E-state index >= 15 is 0 Å². The third kappa shape index (κ3) is 3.82. The summed E-state index contributed by atoms with van der Waals surface area (Å²) in [5.74, 6) is 0.776. The first-order valence-electron chi connectivity index (χ1n) is 6.19. The van der Waals surface area contributed by atoms with Crippen molar-refractivity contribution >= 4 is 5.91 Å². The summed E-state index contributed by atoms with van der Waals surface area (Å²) >= 11 is 0. The van der Waals surface area contributed by atoms with Gasteiger partial charge in [-0.2, -0.15) is 0 Å². The highest BCUT2D eigenvalue weighted by atomic mass is 16.2. The lowest BCUT2D eigenvalue weighted by atomic mass is 9.99. The smallest absolute Gasteiger partial charge is 0.237 e. The molecule has 15 heavy (non-hydrogen) atoms. The zero-order valence-electron chi connectivity index (χ0n) is 10.2. The molecule has 0 aromatic heterocycles. The van der Waals surface area contributed by atoms with Gasteiger partial charge in [0.2, 0.25) is 5.91 Å². The minimum atomic E-state index is 0.0276. The molecule has 1 amide bonds. The van der Waals surface area contributed by atoms with E-state index in [2.05, 4.69) is 31.4 Å². The van der Waals surface area contributed by atoms with Crippen LogP contribution >= 0.6 is 0 Å². The van der Waals surface area contributed by atoms with Gasteiger partial charge in [0, 0.05) is 12.6 Å². The minimum absolute atomic E-state index is 0.0276. The molecular weight excluding hydrogens is 188 g/mol. The first-order valence-corrected chi connectivity index (χ1v) is 6.19. The van der Waals surface area contributed by atoms with Crippen LogP contribution in [-0.2, 0) is 4.79 Å². The van der Waals surface area contributed by atoms with Crippen LogP contribution in [0.1, 0.15) is 46.5 Å². The fraction of sp³-hybridized carbons (Fsp3) is 0.917. The topological polar surface area (TPSA) is 41.1 Å². The van der Waals surface area contributed by atoms with Crippen LogP contribution in [0.4, 0.5) is 0 Å². The summed E-state index contributed by atoms with van der Waals surface area (Å²) in [6, 6.07) is 0.485. The van der Waals surface area contributed by atoms with Crippen molar-refractivity contribution in [3.8, 4) is 0 Å². The monoisotopic (exact) mass is 212 g/mol. The Kier molecular flexibility index (Phi) is 5.09. The third-order valence-electron chi connectivity index (χ3n) is 3.20. The Labute approximate surface area is 93.0 Å². The van der Waals surface area contributed by atoms with Crippen LogP contribution in [0.3, 0.4) is 0 Å². The van der Waals surface area contributed by atoms with Crippen LogP contribution in [0, 0.1) is 5.92 Å². The number of hydrogen-bond acceptors (Lipinski definition) is 2. The van der Waals surface area contributed by atoms with Crippen molar-refractivity contribution in [2.24, 2.45) is 5.92 Å². The second-order valence-corrected chi connectivity index (χ2v) is 4.76. The van der Waals surface area contributed by atoms with Crippen molar-refractivity contribution < 1.29 is 4.79 Å². The molecule has 88 valence electrons. The van der Waals surface area contributed by atoms with Gasteiger partial charge in [-0.15, -0.1) is 0 Å². The van der Waals surface area contributed by atoms with Crippen molar-refractivity contribution in [2.75, 3.05) is 6.54 Å². The van der Waals surface area contributed by atoms with Gasteiger partial charge in [-0.25, -0.2) is 0 Å². The molecule has 0 aromatic carbocycles. The van der Waals surface area contributed by atoms with Crippen LogP contribution in [0.25, 0.3) is 0 Å². The Hall–Kier alpha value is -0.570. The van der Waals surface area contributed by atoms with Crippen molar-refractivity contribution in [2.45, 2.75) is 58.5 Å². The summed E-state index contributed by atoms with van der Waals surface area (Å²) in [7, 11) is 0. The summed E-state index contributed by atoms with van der Waals surface area (Å²) < 4.78 is 0. The Morgan fingerprint density at radius 3 is 2.80 bits per heavy atom. The zero-order valence-corrected chi connectivity index (χ0v) is 10.2. The predicted octanol–water partition coefficient (Wildman–Crippen LogP) is 1.68. The summed E-state index contributed by atoms with van der Waals surface area (Å²) in [5, 5.41) is 6.44. The van der Waals surface area contributed by atoms with Crippen LogP contribution in [0.15, 0.2) is 0 Å². The number of amides is 1. The second-order valence-electron chi connectivity index (χ2n) is 4.76. The average Bonchev–Trinajstić information content (AvgIpc) is 2.39. The highest BCUT2D eigenvalue weighted by molar-refractivity contribution is 5.81. The Balaban J connectivity index is 2.49. The number of hydrogen-bond donors (Lipinski definition) is 2. The Morgan fingerprint density at radius 2 is 2.20 bits per heavy atom. The summed E-state index contributed by atoms with van der Waals surface area (Å²) in [6.07, 6.45) is 4.32. The van der Waals surface area contributed by atoms with E-state index in [0.717, 1.165) is 32.2 Å². The van der Waals surface area contributed by atoms with Crippen molar-refractivity contribution in [3.63, 3.8) is 0 Å². The molecule has 1 heterocycles. The average molecular weight is 212 g/mol. The number of carbonyl (C=O) groups excluding carboxylic acids is 1. The molecular formula is C12H24N2O. The first-order chi connectivity index (χ1) is 7.15. The quantitative estimate of drug-likeness (QED) is 0.744. The lowest BCUT2D eigenvalue weighted by Crippen LogP contribution is -2.48. The van der Waals surface area contributed by atoms with Gasteiger partial charge in [0.1, 0.15) is 0 Å². The summed E-state index contributed by atoms with van der Waals surface area (Å²) in [6.45, 7) is 7.42. The van der Waals surface area contributed by atoms with Gasteiger partial charge in [-0.3, -0.25) is 4.79 Å². The van der Waals surface area contributed by atoms with Gasteiger partial charge in [0.15, 0.2) is 0 Å². The second kappa shape index (κ2) is 6.11. The molecule has 1 rings (SSSR count). The molecule has 2 unspecified atom stereocenters. The highest BCUT2D eigenvalue weighted by Crippen LogP contribution is 2.11. The van der Waals surface area contributed by atoms with Crippen molar-refractivity contribution in [1.29, 1.82) is 0 Å². The molecule has 1 saturated heterocycles. The molecule has 1 fully saturated rings. The van der Waals surface area contributed by atoms with E-state index in [1.165, 1.54) is 0 Å². The Bertz CT molecular complexity index is 204. The standard InChI is InChI=1S/C12H24N2O/c1-4-10(9(2)3)14-11-7-5-6-8-13-12(11)15/h9-11,14H,4-8H2,1-3H3,(H,13,15). The van der Waals surface area contributed by atoms with E-state index < -0.39 is 0 Å². The maximum Gasteiger partial charge on any atom is 0.237 e. The number of carbonyl (C=O) groups is 1. The van der Waals surface area contributed by atoms with E-state index in [0.29, 0.717) is 12.0 Å². The van der Waals surface area contributed by atoms with Gasteiger partial charge in [-0.1, -0.05) is 20.8 Å². The maximum absolute atomic E-state index is 11.7. The molecule has 3 nitrogen and oxygen atoms in total. The highest BCUT2D eigenvalue weighted by Gasteiger charge is 2.23. The molecule has 2 N–H and O–H groups in total. The molecule has 0 bridgehead atoms. The van der Waals surface area contributed by atoms with E-state index in [9.17, 15) is 4.79 Å². The van der Waals surface area contributed by atoms with Gasteiger partial charge < -0.3 is 10.6 Å². The minimum Gasteiger partial charge on any atom is -0.355 e. The SMILES string of the molecule is CCC(NC1CCCCNC1=O)C(C)C. The number of nitrogens with one attached hydrogen (secondary N) is 2. The molecule has 0 aromatic rings. The van der Waals surface area contributed by atoms with Gasteiger partial charge in [-0.05, 0) is 31.6 Å². The van der Waals surface area contributed by atoms with Crippen LogP contribution < -0.4 is 10.6 Å². The van der Waals surface area contributed by atoms with Gasteiger partial charge in [0.25, 0.3) is 0 Å². The molecule has 1 aliphatic heterocycles. The third-order valence-corrected chi connectivity index (χ3v) is 3.20. The lowest BCUT2D eigenvalue weighted by molar-refractivity contribution is -0.123.